The zero-order valence-electron chi connectivity index (χ0n) is 46.7. The summed E-state index contributed by atoms with van der Waals surface area (Å²) in [6, 6.07) is 84.0. The maximum atomic E-state index is 2.50. The summed E-state index contributed by atoms with van der Waals surface area (Å²) in [5.41, 5.74) is 11.8. The summed E-state index contributed by atoms with van der Waals surface area (Å²) in [6.45, 7) is 29.2. The van der Waals surface area contributed by atoms with Gasteiger partial charge in [0.2, 0.25) is 0 Å². The van der Waals surface area contributed by atoms with E-state index in [1.807, 2.05) is 0 Å². The van der Waals surface area contributed by atoms with E-state index in [0.29, 0.717) is 0 Å². The van der Waals surface area contributed by atoms with Crippen LogP contribution in [0.1, 0.15) is 0 Å². The smallest absolute Gasteiger partial charge is 0.0775 e. The van der Waals surface area contributed by atoms with Crippen molar-refractivity contribution in [3.8, 4) is 22.3 Å². The third kappa shape index (κ3) is 9.73. The summed E-state index contributed by atoms with van der Waals surface area (Å²) in [6.07, 6.45) is 0. The quantitative estimate of drug-likeness (QED) is 0.0889. The van der Waals surface area contributed by atoms with Gasteiger partial charge in [-0.05, 0) is 138 Å². The number of benzene rings is 11. The van der Waals surface area contributed by atoms with Gasteiger partial charge in [-0.2, -0.15) is 0 Å². The summed E-state index contributed by atoms with van der Waals surface area (Å²) >= 11 is 0. The van der Waals surface area contributed by atoms with Crippen LogP contribution in [-0.4, -0.2) is 32.3 Å². The third-order valence-electron chi connectivity index (χ3n) is 15.7. The van der Waals surface area contributed by atoms with Gasteiger partial charge in [0.15, 0.2) is 0 Å². The molecule has 0 atom stereocenters. The van der Waals surface area contributed by atoms with Crippen molar-refractivity contribution in [3.05, 3.63) is 218 Å². The highest BCUT2D eigenvalue weighted by Gasteiger charge is 2.26. The van der Waals surface area contributed by atoms with Gasteiger partial charge in [-0.25, -0.2) is 0 Å². The first kappa shape index (κ1) is 51.1. The third-order valence-corrected chi connectivity index (χ3v) is 23.9. The van der Waals surface area contributed by atoms with Gasteiger partial charge >= 0.3 is 0 Å². The maximum Gasteiger partial charge on any atom is 0.0775 e. The molecule has 0 fully saturated rings. The zero-order valence-corrected chi connectivity index (χ0v) is 50.7. The maximum absolute atomic E-state index is 2.50. The van der Waals surface area contributed by atoms with Gasteiger partial charge in [0.1, 0.15) is 0 Å². The van der Waals surface area contributed by atoms with Crippen molar-refractivity contribution in [3.63, 3.8) is 0 Å². The number of hydrogen-bond acceptors (Lipinski definition) is 2. The molecule has 0 aliphatic rings. The van der Waals surface area contributed by atoms with Crippen LogP contribution in [0.2, 0.25) is 78.6 Å². The van der Waals surface area contributed by atoms with E-state index in [-0.39, 0.29) is 0 Å². The number of fused-ring (bicyclic) bond motifs is 4. The predicted octanol–water partition coefficient (Wildman–Crippen LogP) is 18.8. The summed E-state index contributed by atoms with van der Waals surface area (Å²) in [4.78, 5) is 4.97. The molecule has 11 rings (SSSR count). The van der Waals surface area contributed by atoms with Crippen LogP contribution in [-0.2, 0) is 0 Å². The van der Waals surface area contributed by atoms with Crippen LogP contribution < -0.4 is 30.5 Å². The first-order chi connectivity index (χ1) is 36.2. The minimum atomic E-state index is -1.55. The second-order valence-electron chi connectivity index (χ2n) is 25.1. The first-order valence-corrected chi connectivity index (χ1v) is 41.2. The Balaban J connectivity index is 1.25. The molecule has 0 spiro atoms. The fraction of sp³-hybridized carbons (Fsp3) is 0.171. The van der Waals surface area contributed by atoms with Crippen molar-refractivity contribution >= 4 is 130 Å². The lowest BCUT2D eigenvalue weighted by atomic mass is 9.83. The lowest BCUT2D eigenvalue weighted by molar-refractivity contribution is 1.29. The summed E-state index contributed by atoms with van der Waals surface area (Å²) < 4.78 is 0. The van der Waals surface area contributed by atoms with E-state index in [9.17, 15) is 0 Å². The van der Waals surface area contributed by atoms with Crippen LogP contribution in [0, 0.1) is 0 Å². The molecule has 2 nitrogen and oxygen atoms in total. The van der Waals surface area contributed by atoms with Crippen LogP contribution in [0.3, 0.4) is 0 Å². The van der Waals surface area contributed by atoms with Crippen molar-refractivity contribution < 1.29 is 0 Å². The van der Waals surface area contributed by atoms with Crippen molar-refractivity contribution in [2.45, 2.75) is 78.6 Å². The van der Waals surface area contributed by atoms with Crippen molar-refractivity contribution in [1.82, 2.24) is 0 Å². The van der Waals surface area contributed by atoms with E-state index in [2.05, 4.69) is 307 Å². The molecule has 0 aliphatic carbocycles. The lowest BCUT2D eigenvalue weighted by Crippen LogP contribution is -2.37. The average molecular weight is 1050 g/mol. The molecule has 0 saturated carbocycles. The van der Waals surface area contributed by atoms with Gasteiger partial charge < -0.3 is 9.80 Å². The van der Waals surface area contributed by atoms with Gasteiger partial charge in [-0.15, -0.1) is 0 Å². The molecule has 0 unspecified atom stereocenters. The molecular weight excluding hydrogens is 981 g/mol. The van der Waals surface area contributed by atoms with E-state index in [0.717, 1.165) is 34.1 Å². The van der Waals surface area contributed by atoms with Crippen LogP contribution in [0.4, 0.5) is 34.1 Å². The summed E-state index contributed by atoms with van der Waals surface area (Å²) in [5, 5.41) is 15.7. The molecule has 0 aliphatic heterocycles. The topological polar surface area (TPSA) is 6.48 Å². The van der Waals surface area contributed by atoms with Crippen LogP contribution >= 0.6 is 0 Å². The fourth-order valence-corrected chi connectivity index (χ4v) is 16.0. The van der Waals surface area contributed by atoms with Crippen molar-refractivity contribution in [2.24, 2.45) is 0 Å². The highest BCUT2D eigenvalue weighted by molar-refractivity contribution is 6.90. The molecular formula is C70H72N2Si4. The van der Waals surface area contributed by atoms with Crippen LogP contribution in [0.5, 0.6) is 0 Å². The molecule has 0 saturated heterocycles. The largest absolute Gasteiger partial charge is 0.310 e. The van der Waals surface area contributed by atoms with E-state index < -0.39 is 32.3 Å². The minimum absolute atomic E-state index is 1.13. The Morgan fingerprint density at radius 1 is 0.224 bits per heavy atom. The highest BCUT2D eigenvalue weighted by Crippen LogP contribution is 2.50. The molecule has 6 heteroatoms. The molecule has 0 amide bonds. The SMILES string of the molecule is C[Si](C)(C)c1ccc(N(c2ccc([Si](C)(C)C)cc2)c2ccc3c(-c4cccc5ccccc45)c4cc(N(c5ccc([Si](C)(C)C)cc5)c5ccc([Si](C)(C)C)cc5)ccc4c(-c4cccc5ccccc45)c3c2)cc1. The molecule has 0 heterocycles. The fourth-order valence-electron chi connectivity index (χ4n) is 11.3. The van der Waals surface area contributed by atoms with Gasteiger partial charge in [0, 0.05) is 34.1 Å². The van der Waals surface area contributed by atoms with Gasteiger partial charge in [-0.3, -0.25) is 0 Å². The lowest BCUT2D eigenvalue weighted by Gasteiger charge is -2.29. The van der Waals surface area contributed by atoms with Gasteiger partial charge in [0.25, 0.3) is 0 Å². The Morgan fingerprint density at radius 3 is 0.776 bits per heavy atom. The number of anilines is 6. The monoisotopic (exact) mass is 1050 g/mol. The minimum Gasteiger partial charge on any atom is -0.310 e. The molecule has 11 aromatic rings. The molecule has 0 radical (unpaired) electrons. The average Bonchev–Trinajstić information content (AvgIpc) is 3.41. The number of rotatable bonds is 12. The number of hydrogen-bond donors (Lipinski definition) is 0. The Morgan fingerprint density at radius 2 is 0.487 bits per heavy atom. The Labute approximate surface area is 456 Å². The van der Waals surface area contributed by atoms with Crippen molar-refractivity contribution in [1.29, 1.82) is 0 Å². The molecule has 378 valence electrons. The van der Waals surface area contributed by atoms with Crippen LogP contribution in [0.15, 0.2) is 218 Å². The second kappa shape index (κ2) is 19.5. The van der Waals surface area contributed by atoms with Crippen LogP contribution in [0.25, 0.3) is 65.3 Å². The Kier molecular flexibility index (Phi) is 13.1. The van der Waals surface area contributed by atoms with E-state index in [1.165, 1.54) is 86.1 Å². The van der Waals surface area contributed by atoms with E-state index in [4.69, 9.17) is 0 Å². The first-order valence-electron chi connectivity index (χ1n) is 27.2. The normalized spacial score (nSPS) is 12.5. The predicted molar refractivity (Wildman–Crippen MR) is 349 cm³/mol. The van der Waals surface area contributed by atoms with Crippen molar-refractivity contribution in [2.75, 3.05) is 9.80 Å². The highest BCUT2D eigenvalue weighted by atomic mass is 28.3. The molecule has 0 bridgehead atoms. The van der Waals surface area contributed by atoms with E-state index in [1.54, 1.807) is 0 Å². The molecule has 11 aromatic carbocycles. The Bertz CT molecular complexity index is 3560. The van der Waals surface area contributed by atoms with Gasteiger partial charge in [0.05, 0.1) is 32.3 Å². The summed E-state index contributed by atoms with van der Waals surface area (Å²) in [7, 11) is -6.20. The Hall–Kier alpha value is -7.07. The standard InChI is InChI=1S/C70H72N2Si4/c1-73(2,3)57-37-27-51(28-38-57)71(52-29-39-58(40-30-52)74(4,5)6)55-35-45-65-67(47-55)69(63-25-17-21-49-19-13-15-23-61(49)63)66-46-36-56(48-68(66)70(65)64-26-18-22-50-20-14-16-24-62(50)64)72(53-31-41-59(42-32-53)75(7,8)9)54-33-43-60(44-34-54)76(10,11)12/h13-48H,1-12H3. The number of nitrogens with zero attached hydrogens (tertiary/aromatic N) is 2. The molecule has 0 aromatic heterocycles. The summed E-state index contributed by atoms with van der Waals surface area (Å²) in [5.74, 6) is 0. The zero-order chi connectivity index (χ0) is 53.3. The molecule has 76 heavy (non-hydrogen) atoms. The van der Waals surface area contributed by atoms with Gasteiger partial charge in [-0.1, -0.05) is 245 Å². The van der Waals surface area contributed by atoms with E-state index >= 15 is 0 Å². The molecule has 0 N–H and O–H groups in total. The second-order valence-corrected chi connectivity index (χ2v) is 45.4.